The number of unbranched alkanes of at least 4 members (excludes halogenated alkanes) is 44. The van der Waals surface area contributed by atoms with Crippen LogP contribution in [-0.2, 0) is 28.6 Å². The molecule has 1 atom stereocenters. The van der Waals surface area contributed by atoms with Gasteiger partial charge in [0.2, 0.25) is 0 Å². The molecule has 0 spiro atoms. The maximum atomic E-state index is 12.9. The third-order valence-corrected chi connectivity index (χ3v) is 15.8. The molecule has 0 N–H and O–H groups in total. The molecule has 0 radical (unpaired) electrons. The Kier molecular flexibility index (Phi) is 66.1. The van der Waals surface area contributed by atoms with Crippen molar-refractivity contribution in [3.8, 4) is 0 Å². The van der Waals surface area contributed by atoms with Crippen LogP contribution in [0.25, 0.3) is 0 Å². The average molecular weight is 1120 g/mol. The lowest BCUT2D eigenvalue weighted by molar-refractivity contribution is -0.167. The van der Waals surface area contributed by atoms with Crippen LogP contribution < -0.4 is 0 Å². The molecule has 80 heavy (non-hydrogen) atoms. The zero-order valence-electron chi connectivity index (χ0n) is 53.6. The summed E-state index contributed by atoms with van der Waals surface area (Å²) in [4.78, 5) is 38.1. The Morgan fingerprint density at radius 3 is 0.775 bits per heavy atom. The predicted octanol–water partition coefficient (Wildman–Crippen LogP) is 24.3. The highest BCUT2D eigenvalue weighted by Gasteiger charge is 2.19. The van der Waals surface area contributed by atoms with E-state index in [2.05, 4.69) is 81.5 Å². The Balaban J connectivity index is 3.96. The van der Waals surface area contributed by atoms with Gasteiger partial charge in [0.15, 0.2) is 6.10 Å². The van der Waals surface area contributed by atoms with E-state index >= 15 is 0 Å². The van der Waals surface area contributed by atoms with Gasteiger partial charge >= 0.3 is 17.9 Å². The SMILES string of the molecule is CC/C=C\C/C=C\C/C=C\C/C=C\CCCCCCCCCCCCCCCCCCCCCCC(=O)OCC(COC(=O)CCCCCCCC)OC(=O)CCCCCCCCCCCCC/C=C\CCCCCCCCCC. The Hall–Kier alpha value is -2.89. The van der Waals surface area contributed by atoms with E-state index in [1.807, 2.05) is 0 Å². The van der Waals surface area contributed by atoms with Crippen molar-refractivity contribution < 1.29 is 28.6 Å². The van der Waals surface area contributed by atoms with Crippen molar-refractivity contribution in [2.45, 2.75) is 380 Å². The maximum Gasteiger partial charge on any atom is 0.306 e. The lowest BCUT2D eigenvalue weighted by atomic mass is 10.0. The predicted molar refractivity (Wildman–Crippen MR) is 348 cm³/mol. The Bertz CT molecular complexity index is 1430. The monoisotopic (exact) mass is 1120 g/mol. The fourth-order valence-electron chi connectivity index (χ4n) is 10.5. The van der Waals surface area contributed by atoms with Crippen molar-refractivity contribution in [3.05, 3.63) is 60.8 Å². The second kappa shape index (κ2) is 68.6. The molecule has 0 bridgehead atoms. The number of carbonyl (C=O) groups excluding carboxylic acids is 3. The lowest BCUT2D eigenvalue weighted by Crippen LogP contribution is -2.30. The van der Waals surface area contributed by atoms with Crippen molar-refractivity contribution in [1.29, 1.82) is 0 Å². The van der Waals surface area contributed by atoms with Crippen LogP contribution in [0.1, 0.15) is 374 Å². The molecule has 0 aromatic carbocycles. The third-order valence-electron chi connectivity index (χ3n) is 15.8. The van der Waals surface area contributed by atoms with E-state index in [0.29, 0.717) is 19.3 Å². The maximum absolute atomic E-state index is 12.9. The quantitative estimate of drug-likeness (QED) is 0.0261. The minimum atomic E-state index is -0.769. The van der Waals surface area contributed by atoms with E-state index < -0.39 is 6.10 Å². The Labute approximate surface area is 498 Å². The van der Waals surface area contributed by atoms with Gasteiger partial charge in [0.05, 0.1) is 0 Å². The first-order valence-corrected chi connectivity index (χ1v) is 35.3. The van der Waals surface area contributed by atoms with Gasteiger partial charge in [-0.1, -0.05) is 332 Å². The van der Waals surface area contributed by atoms with Gasteiger partial charge in [-0.05, 0) is 83.5 Å². The van der Waals surface area contributed by atoms with Crippen LogP contribution in [-0.4, -0.2) is 37.2 Å². The van der Waals surface area contributed by atoms with Crippen LogP contribution in [0.5, 0.6) is 0 Å². The molecule has 0 aliphatic carbocycles. The van der Waals surface area contributed by atoms with E-state index in [1.54, 1.807) is 0 Å². The van der Waals surface area contributed by atoms with E-state index in [4.69, 9.17) is 14.2 Å². The summed E-state index contributed by atoms with van der Waals surface area (Å²) in [6.07, 6.45) is 88.7. The van der Waals surface area contributed by atoms with Crippen LogP contribution in [0.3, 0.4) is 0 Å². The van der Waals surface area contributed by atoms with Gasteiger partial charge in [-0.2, -0.15) is 0 Å². The van der Waals surface area contributed by atoms with Crippen molar-refractivity contribution in [2.75, 3.05) is 13.2 Å². The van der Waals surface area contributed by atoms with E-state index in [1.165, 1.54) is 250 Å². The number of allylic oxidation sites excluding steroid dienone is 10. The van der Waals surface area contributed by atoms with Crippen LogP contribution in [0.15, 0.2) is 60.8 Å². The fraction of sp³-hybridized carbons (Fsp3) is 0.824. The summed E-state index contributed by atoms with van der Waals surface area (Å²) in [6, 6.07) is 0. The molecule has 0 rings (SSSR count). The molecule has 0 aliphatic rings. The Morgan fingerprint density at radius 1 is 0.263 bits per heavy atom. The van der Waals surface area contributed by atoms with Gasteiger partial charge in [0, 0.05) is 19.3 Å². The van der Waals surface area contributed by atoms with Crippen molar-refractivity contribution in [1.82, 2.24) is 0 Å². The largest absolute Gasteiger partial charge is 0.462 e. The van der Waals surface area contributed by atoms with Crippen LogP contribution in [0, 0.1) is 0 Å². The smallest absolute Gasteiger partial charge is 0.306 e. The minimum absolute atomic E-state index is 0.0688. The first-order valence-electron chi connectivity index (χ1n) is 35.3. The summed E-state index contributed by atoms with van der Waals surface area (Å²) in [5.41, 5.74) is 0. The summed E-state index contributed by atoms with van der Waals surface area (Å²) >= 11 is 0. The first-order chi connectivity index (χ1) is 39.5. The molecule has 0 amide bonds. The second-order valence-electron chi connectivity index (χ2n) is 23.8. The van der Waals surface area contributed by atoms with E-state index in [9.17, 15) is 14.4 Å². The highest BCUT2D eigenvalue weighted by Crippen LogP contribution is 2.18. The minimum Gasteiger partial charge on any atom is -0.462 e. The number of hydrogen-bond donors (Lipinski definition) is 0. The summed E-state index contributed by atoms with van der Waals surface area (Å²) in [5.74, 6) is -0.857. The summed E-state index contributed by atoms with van der Waals surface area (Å²) in [5, 5.41) is 0. The van der Waals surface area contributed by atoms with Gasteiger partial charge in [0.1, 0.15) is 13.2 Å². The summed E-state index contributed by atoms with van der Waals surface area (Å²) < 4.78 is 16.9. The van der Waals surface area contributed by atoms with Crippen molar-refractivity contribution >= 4 is 17.9 Å². The Morgan fingerprint density at radius 2 is 0.487 bits per heavy atom. The number of esters is 3. The van der Waals surface area contributed by atoms with Crippen LogP contribution >= 0.6 is 0 Å². The van der Waals surface area contributed by atoms with E-state index in [-0.39, 0.29) is 31.1 Å². The molecule has 1 unspecified atom stereocenters. The molecular weight excluding hydrogens is 985 g/mol. The lowest BCUT2D eigenvalue weighted by Gasteiger charge is -2.18. The van der Waals surface area contributed by atoms with Crippen LogP contribution in [0.2, 0.25) is 0 Å². The third kappa shape index (κ3) is 65.9. The topological polar surface area (TPSA) is 78.9 Å². The molecule has 0 heterocycles. The molecule has 0 aromatic rings. The standard InChI is InChI=1S/C74H134O6/c1-4-7-10-13-16-18-20-22-24-26-28-30-32-33-34-35-36-37-38-39-40-41-43-44-46-48-50-52-54-56-58-61-64-67-73(76)79-70-71(69-78-72(75)66-63-60-15-12-9-6-3)80-74(77)68-65-62-59-57-55-53-51-49-47-45-42-31-29-27-25-23-21-19-17-14-11-8-5-2/h7,10,16,18,22,24,27-30,71H,4-6,8-9,11-15,17,19-21,23,25-26,31-70H2,1-3H3/b10-7-,18-16-,24-22-,29-27-,30-28-. The summed E-state index contributed by atoms with van der Waals surface area (Å²) in [7, 11) is 0. The zero-order chi connectivity index (χ0) is 57.8. The van der Waals surface area contributed by atoms with E-state index in [0.717, 1.165) is 83.5 Å². The number of ether oxygens (including phenoxy) is 3. The van der Waals surface area contributed by atoms with Gasteiger partial charge in [-0.15, -0.1) is 0 Å². The highest BCUT2D eigenvalue weighted by molar-refractivity contribution is 5.71. The number of hydrogen-bond acceptors (Lipinski definition) is 6. The molecule has 0 saturated heterocycles. The van der Waals surface area contributed by atoms with Gasteiger partial charge in [-0.25, -0.2) is 0 Å². The molecule has 6 heteroatoms. The molecule has 0 aromatic heterocycles. The zero-order valence-corrected chi connectivity index (χ0v) is 53.6. The average Bonchev–Trinajstić information content (AvgIpc) is 3.46. The molecule has 466 valence electrons. The van der Waals surface area contributed by atoms with Crippen LogP contribution in [0.4, 0.5) is 0 Å². The van der Waals surface area contributed by atoms with Crippen molar-refractivity contribution in [2.24, 2.45) is 0 Å². The highest BCUT2D eigenvalue weighted by atomic mass is 16.6. The van der Waals surface area contributed by atoms with Gasteiger partial charge in [0.25, 0.3) is 0 Å². The van der Waals surface area contributed by atoms with Crippen molar-refractivity contribution in [3.63, 3.8) is 0 Å². The molecule has 0 aliphatic heterocycles. The molecule has 6 nitrogen and oxygen atoms in total. The van der Waals surface area contributed by atoms with Gasteiger partial charge in [-0.3, -0.25) is 14.4 Å². The summed E-state index contributed by atoms with van der Waals surface area (Å²) in [6.45, 7) is 6.52. The molecule has 0 saturated carbocycles. The normalized spacial score (nSPS) is 12.4. The number of carbonyl (C=O) groups is 3. The second-order valence-corrected chi connectivity index (χ2v) is 23.8. The molecular formula is C74H134O6. The van der Waals surface area contributed by atoms with Gasteiger partial charge < -0.3 is 14.2 Å². The molecule has 0 fully saturated rings. The fourth-order valence-corrected chi connectivity index (χ4v) is 10.5. The number of rotatable bonds is 65. The first kappa shape index (κ1) is 77.1.